The first-order valence-electron chi connectivity index (χ1n) is 3.70. The van der Waals surface area contributed by atoms with Gasteiger partial charge >= 0.3 is 0 Å². The van der Waals surface area contributed by atoms with Crippen LogP contribution >= 0.6 is 22.9 Å². The van der Waals surface area contributed by atoms with E-state index in [2.05, 4.69) is 0 Å². The van der Waals surface area contributed by atoms with Crippen molar-refractivity contribution in [2.24, 2.45) is 5.92 Å². The second kappa shape index (κ2) is 2.77. The number of aliphatic hydroxyl groups excluding tert-OH is 1. The van der Waals surface area contributed by atoms with E-state index in [1.165, 1.54) is 11.3 Å². The molecule has 1 N–H and O–H groups in total. The van der Waals surface area contributed by atoms with Gasteiger partial charge in [0.2, 0.25) is 0 Å². The topological polar surface area (TPSA) is 20.2 Å². The average molecular weight is 189 g/mol. The molecule has 60 valence electrons. The van der Waals surface area contributed by atoms with Crippen molar-refractivity contribution >= 4 is 22.9 Å². The zero-order valence-electron chi connectivity index (χ0n) is 5.96. The summed E-state index contributed by atoms with van der Waals surface area (Å²) in [7, 11) is 0. The predicted molar refractivity (Wildman–Crippen MR) is 47.0 cm³/mol. The van der Waals surface area contributed by atoms with E-state index in [0.717, 1.165) is 22.1 Å². The zero-order valence-corrected chi connectivity index (χ0v) is 7.53. The highest BCUT2D eigenvalue weighted by Gasteiger charge is 2.31. The summed E-state index contributed by atoms with van der Waals surface area (Å²) in [4.78, 5) is 1.01. The first-order chi connectivity index (χ1) is 5.27. The molecular formula is C8H9ClOS. The van der Waals surface area contributed by atoms with Crippen molar-refractivity contribution in [2.45, 2.75) is 18.9 Å². The Labute approximate surface area is 74.6 Å². The molecule has 2 rings (SSSR count). The van der Waals surface area contributed by atoms with Gasteiger partial charge in [0.15, 0.2) is 0 Å². The second-order valence-corrected chi connectivity index (χ2v) is 4.67. The highest BCUT2D eigenvalue weighted by atomic mass is 35.5. The fraction of sp³-hybridized carbons (Fsp3) is 0.500. The predicted octanol–water partition coefficient (Wildman–Crippen LogP) is 2.84. The van der Waals surface area contributed by atoms with Crippen LogP contribution in [0.4, 0.5) is 0 Å². The molecule has 1 aliphatic carbocycles. The van der Waals surface area contributed by atoms with E-state index in [-0.39, 0.29) is 6.10 Å². The van der Waals surface area contributed by atoms with Gasteiger partial charge in [-0.25, -0.2) is 0 Å². The van der Waals surface area contributed by atoms with Gasteiger partial charge in [0.05, 0.1) is 10.4 Å². The molecule has 0 radical (unpaired) electrons. The average Bonchev–Trinajstić information content (AvgIpc) is 2.74. The normalized spacial score (nSPS) is 20.2. The largest absolute Gasteiger partial charge is 0.387 e. The summed E-state index contributed by atoms with van der Waals surface area (Å²) in [5, 5.41) is 9.63. The van der Waals surface area contributed by atoms with E-state index in [0.29, 0.717) is 5.92 Å². The van der Waals surface area contributed by atoms with Crippen molar-refractivity contribution in [1.82, 2.24) is 0 Å². The van der Waals surface area contributed by atoms with Gasteiger partial charge in [-0.1, -0.05) is 11.6 Å². The molecule has 11 heavy (non-hydrogen) atoms. The quantitative estimate of drug-likeness (QED) is 0.757. The smallest absolute Gasteiger partial charge is 0.0932 e. The molecule has 3 heteroatoms. The highest BCUT2D eigenvalue weighted by Crippen LogP contribution is 2.43. The van der Waals surface area contributed by atoms with Crippen LogP contribution in [0.5, 0.6) is 0 Å². The molecule has 1 fully saturated rings. The van der Waals surface area contributed by atoms with E-state index in [4.69, 9.17) is 11.6 Å². The second-order valence-electron chi connectivity index (χ2n) is 2.92. The summed E-state index contributed by atoms with van der Waals surface area (Å²) < 4.78 is 0.764. The highest BCUT2D eigenvalue weighted by molar-refractivity contribution is 7.16. The van der Waals surface area contributed by atoms with Crippen LogP contribution in [0.15, 0.2) is 12.1 Å². The van der Waals surface area contributed by atoms with Crippen LogP contribution in [-0.2, 0) is 0 Å². The molecule has 1 atom stereocenters. The van der Waals surface area contributed by atoms with Crippen LogP contribution < -0.4 is 0 Å². The molecule has 1 heterocycles. The van der Waals surface area contributed by atoms with Crippen LogP contribution in [0.2, 0.25) is 4.34 Å². The maximum absolute atomic E-state index is 9.63. The van der Waals surface area contributed by atoms with Crippen LogP contribution in [0.1, 0.15) is 23.8 Å². The molecule has 1 saturated carbocycles. The fourth-order valence-electron chi connectivity index (χ4n) is 1.13. The Bertz CT molecular complexity index is 254. The maximum Gasteiger partial charge on any atom is 0.0932 e. The first kappa shape index (κ1) is 7.59. The Hall–Kier alpha value is -0.0500. The molecule has 0 spiro atoms. The SMILES string of the molecule is OC(c1ccc(Cl)s1)C1CC1. The summed E-state index contributed by atoms with van der Waals surface area (Å²) in [6.07, 6.45) is 2.07. The maximum atomic E-state index is 9.63. The van der Waals surface area contributed by atoms with Gasteiger partial charge in [-0.3, -0.25) is 0 Å². The molecule has 1 aliphatic rings. The van der Waals surface area contributed by atoms with Gasteiger partial charge < -0.3 is 5.11 Å². The molecule has 0 saturated heterocycles. The van der Waals surface area contributed by atoms with Crippen LogP contribution in [0.25, 0.3) is 0 Å². The van der Waals surface area contributed by atoms with Crippen molar-refractivity contribution in [3.8, 4) is 0 Å². The summed E-state index contributed by atoms with van der Waals surface area (Å²) in [5.74, 6) is 0.504. The molecular weight excluding hydrogens is 180 g/mol. The number of rotatable bonds is 2. The van der Waals surface area contributed by atoms with Crippen molar-refractivity contribution in [2.75, 3.05) is 0 Å². The molecule has 1 nitrogen and oxygen atoms in total. The van der Waals surface area contributed by atoms with Gasteiger partial charge in [0.25, 0.3) is 0 Å². The van der Waals surface area contributed by atoms with E-state index in [9.17, 15) is 5.11 Å². The Kier molecular flexibility index (Phi) is 1.91. The number of hydrogen-bond donors (Lipinski definition) is 1. The van der Waals surface area contributed by atoms with Gasteiger partial charge in [-0.05, 0) is 30.9 Å². The van der Waals surface area contributed by atoms with Gasteiger partial charge in [0, 0.05) is 4.88 Å². The minimum Gasteiger partial charge on any atom is -0.387 e. The monoisotopic (exact) mass is 188 g/mol. The lowest BCUT2D eigenvalue weighted by atomic mass is 10.2. The minimum absolute atomic E-state index is 0.257. The molecule has 0 aromatic carbocycles. The van der Waals surface area contributed by atoms with E-state index in [1.54, 1.807) is 0 Å². The molecule has 1 unspecified atom stereocenters. The Morgan fingerprint density at radius 1 is 1.55 bits per heavy atom. The summed E-state index contributed by atoms with van der Waals surface area (Å²) >= 11 is 7.22. The van der Waals surface area contributed by atoms with Gasteiger partial charge in [0.1, 0.15) is 0 Å². The minimum atomic E-state index is -0.257. The number of hydrogen-bond acceptors (Lipinski definition) is 2. The first-order valence-corrected chi connectivity index (χ1v) is 4.90. The third-order valence-electron chi connectivity index (χ3n) is 1.95. The number of aliphatic hydroxyl groups is 1. The molecule has 0 aliphatic heterocycles. The zero-order chi connectivity index (χ0) is 7.84. The summed E-state index contributed by atoms with van der Waals surface area (Å²) in [5.41, 5.74) is 0. The fourth-order valence-corrected chi connectivity index (χ4v) is 2.27. The standard InChI is InChI=1S/C8H9ClOS/c9-7-4-3-6(11-7)8(10)5-1-2-5/h3-5,8,10H,1-2H2. The summed E-state index contributed by atoms with van der Waals surface area (Å²) in [6.45, 7) is 0. The third kappa shape index (κ3) is 1.58. The molecule has 0 bridgehead atoms. The Morgan fingerprint density at radius 3 is 2.73 bits per heavy atom. The van der Waals surface area contributed by atoms with Crippen LogP contribution in [0.3, 0.4) is 0 Å². The molecule has 1 aromatic heterocycles. The van der Waals surface area contributed by atoms with Crippen molar-refractivity contribution in [3.63, 3.8) is 0 Å². The van der Waals surface area contributed by atoms with E-state index < -0.39 is 0 Å². The van der Waals surface area contributed by atoms with Crippen LogP contribution in [0, 0.1) is 5.92 Å². The van der Waals surface area contributed by atoms with Gasteiger partial charge in [-0.2, -0.15) is 0 Å². The van der Waals surface area contributed by atoms with Crippen molar-refractivity contribution in [1.29, 1.82) is 0 Å². The lowest BCUT2D eigenvalue weighted by Crippen LogP contribution is -1.95. The van der Waals surface area contributed by atoms with Crippen molar-refractivity contribution < 1.29 is 5.11 Å². The lowest BCUT2D eigenvalue weighted by molar-refractivity contribution is 0.157. The van der Waals surface area contributed by atoms with Gasteiger partial charge in [-0.15, -0.1) is 11.3 Å². The molecule has 0 amide bonds. The Morgan fingerprint density at radius 2 is 2.27 bits per heavy atom. The lowest BCUT2D eigenvalue weighted by Gasteiger charge is -2.03. The van der Waals surface area contributed by atoms with Crippen molar-refractivity contribution in [3.05, 3.63) is 21.3 Å². The summed E-state index contributed by atoms with van der Waals surface area (Å²) in [6, 6.07) is 3.75. The molecule has 1 aromatic rings. The van der Waals surface area contributed by atoms with E-state index >= 15 is 0 Å². The van der Waals surface area contributed by atoms with E-state index in [1.807, 2.05) is 12.1 Å². The number of thiophene rings is 1. The number of halogens is 1. The van der Waals surface area contributed by atoms with Crippen LogP contribution in [-0.4, -0.2) is 5.11 Å². The third-order valence-corrected chi connectivity index (χ3v) is 3.26. The Balaban J connectivity index is 2.14.